The maximum Gasteiger partial charge on any atom is 0.0541 e. The van der Waals surface area contributed by atoms with Crippen LogP contribution in [-0.4, -0.2) is 4.57 Å². The van der Waals surface area contributed by atoms with Gasteiger partial charge in [0.25, 0.3) is 0 Å². The lowest BCUT2D eigenvalue weighted by Gasteiger charge is -2.26. The molecule has 0 saturated carbocycles. The standard InChI is InChI=1S/C68H44N2S/c1-3-15-56-48(12-1)14-11-20-57(56)50-26-24-45(25-27-50)46-28-36-53(37-29-46)69(54-38-30-47(31-39-54)52-35-42-62-63-43-34-49-13-2-4-17-59(49)68(63)71-67(62)44-52)55-40-32-51(33-41-55)58-16-5-8-21-64(58)70-65-22-9-6-18-60(65)61-19-7-10-23-66(61)70/h1-44H. The Morgan fingerprint density at radius 3 is 1.38 bits per heavy atom. The van der Waals surface area contributed by atoms with E-state index in [0.717, 1.165) is 28.3 Å². The summed E-state index contributed by atoms with van der Waals surface area (Å²) in [7, 11) is 0. The first kappa shape index (κ1) is 41.0. The van der Waals surface area contributed by atoms with E-state index >= 15 is 0 Å². The van der Waals surface area contributed by atoms with Crippen molar-refractivity contribution in [2.45, 2.75) is 0 Å². The van der Waals surface area contributed by atoms with Gasteiger partial charge in [-0.2, -0.15) is 0 Å². The van der Waals surface area contributed by atoms with Gasteiger partial charge in [0.05, 0.1) is 16.7 Å². The van der Waals surface area contributed by atoms with Crippen LogP contribution in [0.1, 0.15) is 0 Å². The van der Waals surface area contributed by atoms with E-state index in [0.29, 0.717) is 0 Å². The van der Waals surface area contributed by atoms with Crippen molar-refractivity contribution in [3.8, 4) is 50.2 Å². The molecule has 0 N–H and O–H groups in total. The molecular formula is C68H44N2S. The van der Waals surface area contributed by atoms with Crippen LogP contribution in [0, 0.1) is 0 Å². The fourth-order valence-electron chi connectivity index (χ4n) is 10.9. The summed E-state index contributed by atoms with van der Waals surface area (Å²) in [6.45, 7) is 0. The van der Waals surface area contributed by atoms with Gasteiger partial charge in [-0.3, -0.25) is 0 Å². The smallest absolute Gasteiger partial charge is 0.0541 e. The summed E-state index contributed by atoms with van der Waals surface area (Å²) >= 11 is 1.89. The number of thiophene rings is 1. The molecule has 0 amide bonds. The summed E-state index contributed by atoms with van der Waals surface area (Å²) < 4.78 is 5.08. The first-order valence-corrected chi connectivity index (χ1v) is 25.1. The third-order valence-corrected chi connectivity index (χ3v) is 15.6. The highest BCUT2D eigenvalue weighted by Crippen LogP contribution is 2.43. The number of benzene rings is 12. The van der Waals surface area contributed by atoms with Crippen LogP contribution in [-0.2, 0) is 0 Å². The van der Waals surface area contributed by atoms with Crippen LogP contribution in [0.5, 0.6) is 0 Å². The molecule has 0 saturated heterocycles. The fourth-order valence-corrected chi connectivity index (χ4v) is 12.2. The number of para-hydroxylation sites is 3. The largest absolute Gasteiger partial charge is 0.311 e. The average molecular weight is 921 g/mol. The Morgan fingerprint density at radius 1 is 0.282 bits per heavy atom. The van der Waals surface area contributed by atoms with Crippen molar-refractivity contribution in [2.75, 3.05) is 4.90 Å². The molecule has 0 unspecified atom stereocenters. The second kappa shape index (κ2) is 16.9. The third kappa shape index (κ3) is 7.01. The Morgan fingerprint density at radius 2 is 0.718 bits per heavy atom. The van der Waals surface area contributed by atoms with Gasteiger partial charge in [-0.15, -0.1) is 11.3 Å². The van der Waals surface area contributed by atoms with Crippen LogP contribution < -0.4 is 4.90 Å². The highest BCUT2D eigenvalue weighted by Gasteiger charge is 2.18. The van der Waals surface area contributed by atoms with E-state index in [2.05, 4.69) is 276 Å². The van der Waals surface area contributed by atoms with Crippen molar-refractivity contribution >= 4 is 91.9 Å². The zero-order chi connectivity index (χ0) is 46.8. The molecule has 332 valence electrons. The molecule has 2 nitrogen and oxygen atoms in total. The van der Waals surface area contributed by atoms with E-state index in [-0.39, 0.29) is 0 Å². The predicted molar refractivity (Wildman–Crippen MR) is 305 cm³/mol. The molecule has 0 bridgehead atoms. The minimum Gasteiger partial charge on any atom is -0.311 e. The normalized spacial score (nSPS) is 11.7. The van der Waals surface area contributed by atoms with E-state index in [1.165, 1.54) is 102 Å². The summed E-state index contributed by atoms with van der Waals surface area (Å²) in [6, 6.07) is 97.8. The van der Waals surface area contributed by atoms with Gasteiger partial charge in [-0.25, -0.2) is 0 Å². The van der Waals surface area contributed by atoms with E-state index in [4.69, 9.17) is 0 Å². The SMILES string of the molecule is c1ccc(-n2c3ccccc3c3ccccc32)c(-c2ccc(N(c3ccc(-c4ccc(-c5cccc6ccccc56)cc4)cc3)c3ccc(-c4ccc5c(c4)sc4c6ccccc6ccc54)cc3)cc2)c1. The van der Waals surface area contributed by atoms with Gasteiger partial charge in [0.2, 0.25) is 0 Å². The van der Waals surface area contributed by atoms with E-state index < -0.39 is 0 Å². The Bertz CT molecular complexity index is 4250. The Hall–Kier alpha value is -9.02. The van der Waals surface area contributed by atoms with Crippen LogP contribution in [0.25, 0.3) is 114 Å². The average Bonchev–Trinajstić information content (AvgIpc) is 4.00. The molecular weight excluding hydrogens is 877 g/mol. The van der Waals surface area contributed by atoms with Gasteiger partial charge in [0.15, 0.2) is 0 Å². The van der Waals surface area contributed by atoms with Crippen LogP contribution in [0.3, 0.4) is 0 Å². The van der Waals surface area contributed by atoms with Gasteiger partial charge in [0, 0.05) is 53.6 Å². The second-order valence-corrected chi connectivity index (χ2v) is 19.5. The number of hydrogen-bond acceptors (Lipinski definition) is 2. The topological polar surface area (TPSA) is 8.17 Å². The number of nitrogens with zero attached hydrogens (tertiary/aromatic N) is 2. The first-order valence-electron chi connectivity index (χ1n) is 24.3. The zero-order valence-corrected chi connectivity index (χ0v) is 39.5. The van der Waals surface area contributed by atoms with E-state index in [9.17, 15) is 0 Å². The lowest BCUT2D eigenvalue weighted by Crippen LogP contribution is -2.09. The number of hydrogen-bond donors (Lipinski definition) is 0. The van der Waals surface area contributed by atoms with Gasteiger partial charge in [-0.05, 0) is 121 Å². The molecule has 0 fully saturated rings. The highest BCUT2D eigenvalue weighted by atomic mass is 32.1. The van der Waals surface area contributed by atoms with Crippen molar-refractivity contribution in [3.05, 3.63) is 267 Å². The number of anilines is 3. The third-order valence-electron chi connectivity index (χ3n) is 14.4. The lowest BCUT2D eigenvalue weighted by molar-refractivity contribution is 1.18. The second-order valence-electron chi connectivity index (χ2n) is 18.4. The molecule has 0 spiro atoms. The van der Waals surface area contributed by atoms with E-state index in [1.807, 2.05) is 11.3 Å². The summed E-state index contributed by atoms with van der Waals surface area (Å²) in [4.78, 5) is 2.38. The maximum absolute atomic E-state index is 2.42. The molecule has 0 aliphatic rings. The van der Waals surface area contributed by atoms with Crippen LogP contribution >= 0.6 is 11.3 Å². The summed E-state index contributed by atoms with van der Waals surface area (Å²) in [5, 5.41) is 10.3. The van der Waals surface area contributed by atoms with Gasteiger partial charge < -0.3 is 9.47 Å². The summed E-state index contributed by atoms with van der Waals surface area (Å²) in [5.41, 5.74) is 16.4. The molecule has 14 aromatic rings. The van der Waals surface area contributed by atoms with Crippen molar-refractivity contribution in [1.29, 1.82) is 0 Å². The highest BCUT2D eigenvalue weighted by molar-refractivity contribution is 7.26. The maximum atomic E-state index is 2.42. The molecule has 71 heavy (non-hydrogen) atoms. The molecule has 2 aromatic heterocycles. The number of rotatable bonds is 8. The van der Waals surface area contributed by atoms with Crippen molar-refractivity contribution in [2.24, 2.45) is 0 Å². The van der Waals surface area contributed by atoms with Gasteiger partial charge in [-0.1, -0.05) is 206 Å². The molecule has 0 aliphatic heterocycles. The van der Waals surface area contributed by atoms with Crippen LogP contribution in [0.2, 0.25) is 0 Å². The van der Waals surface area contributed by atoms with E-state index in [1.54, 1.807) is 0 Å². The molecule has 0 aliphatic carbocycles. The van der Waals surface area contributed by atoms with Gasteiger partial charge >= 0.3 is 0 Å². The molecule has 12 aromatic carbocycles. The van der Waals surface area contributed by atoms with Crippen molar-refractivity contribution in [1.82, 2.24) is 4.57 Å². The predicted octanol–water partition coefficient (Wildman–Crippen LogP) is 19.6. The first-order chi connectivity index (χ1) is 35.2. The Kier molecular flexibility index (Phi) is 9.75. The monoisotopic (exact) mass is 920 g/mol. The Labute approximate surface area is 416 Å². The Balaban J connectivity index is 0.831. The fraction of sp³-hybridized carbons (Fsp3) is 0. The quantitative estimate of drug-likeness (QED) is 0.147. The molecule has 3 heteroatoms. The number of fused-ring (bicyclic) bond motifs is 9. The summed E-state index contributed by atoms with van der Waals surface area (Å²) in [6.07, 6.45) is 0. The minimum atomic E-state index is 1.09. The van der Waals surface area contributed by atoms with Gasteiger partial charge in [0.1, 0.15) is 0 Å². The summed E-state index contributed by atoms with van der Waals surface area (Å²) in [5.74, 6) is 0. The zero-order valence-electron chi connectivity index (χ0n) is 38.7. The molecule has 0 radical (unpaired) electrons. The van der Waals surface area contributed by atoms with Crippen molar-refractivity contribution < 1.29 is 0 Å². The molecule has 14 rings (SSSR count). The van der Waals surface area contributed by atoms with Crippen molar-refractivity contribution in [3.63, 3.8) is 0 Å². The number of aromatic nitrogens is 1. The lowest BCUT2D eigenvalue weighted by atomic mass is 9.96. The molecule has 2 heterocycles. The van der Waals surface area contributed by atoms with Crippen LogP contribution in [0.4, 0.5) is 17.1 Å². The van der Waals surface area contributed by atoms with Crippen LogP contribution in [0.15, 0.2) is 267 Å². The molecule has 0 atom stereocenters. The minimum absolute atomic E-state index is 1.09.